The molecule has 0 unspecified atom stereocenters. The number of para-hydroxylation sites is 1. The van der Waals surface area contributed by atoms with Crippen LogP contribution < -0.4 is 20.3 Å². The number of benzene rings is 3. The molecule has 9 heteroatoms. The van der Waals surface area contributed by atoms with E-state index in [4.69, 9.17) is 21.1 Å². The van der Waals surface area contributed by atoms with Gasteiger partial charge in [-0.05, 0) is 29.8 Å². The van der Waals surface area contributed by atoms with Crippen LogP contribution in [0.1, 0.15) is 5.56 Å². The summed E-state index contributed by atoms with van der Waals surface area (Å²) in [5.41, 5.74) is 2.81. The largest absolute Gasteiger partial charge is 0.486 e. The van der Waals surface area contributed by atoms with Crippen molar-refractivity contribution in [2.45, 2.75) is 13.1 Å². The molecular formula is C27H21ClN4O4. The van der Waals surface area contributed by atoms with Crippen LogP contribution in [0.4, 0.5) is 5.69 Å². The second-order valence-electron chi connectivity index (χ2n) is 8.48. The van der Waals surface area contributed by atoms with Gasteiger partial charge in [0.25, 0.3) is 5.56 Å². The lowest BCUT2D eigenvalue weighted by Gasteiger charge is -2.19. The molecule has 1 aliphatic rings. The Bertz CT molecular complexity index is 1690. The smallest absolute Gasteiger partial charge is 0.278 e. The predicted molar refractivity (Wildman–Crippen MR) is 138 cm³/mol. The van der Waals surface area contributed by atoms with Gasteiger partial charge in [-0.15, -0.1) is 0 Å². The average Bonchev–Trinajstić information content (AvgIpc) is 3.21. The summed E-state index contributed by atoms with van der Waals surface area (Å²) in [6.07, 6.45) is 1.53. The number of hydrogen-bond donors (Lipinski definition) is 1. The zero-order valence-electron chi connectivity index (χ0n) is 19.1. The van der Waals surface area contributed by atoms with Crippen molar-refractivity contribution in [1.82, 2.24) is 14.1 Å². The van der Waals surface area contributed by atoms with E-state index in [0.717, 1.165) is 16.5 Å². The van der Waals surface area contributed by atoms with Gasteiger partial charge in [0.15, 0.2) is 11.5 Å². The van der Waals surface area contributed by atoms with Crippen LogP contribution in [-0.4, -0.2) is 33.2 Å². The average molecular weight is 501 g/mol. The second-order valence-corrected chi connectivity index (χ2v) is 8.88. The Morgan fingerprint density at radius 2 is 1.78 bits per heavy atom. The lowest BCUT2D eigenvalue weighted by molar-refractivity contribution is -0.116. The number of rotatable bonds is 5. The molecule has 3 aromatic carbocycles. The van der Waals surface area contributed by atoms with E-state index in [-0.39, 0.29) is 24.6 Å². The zero-order valence-corrected chi connectivity index (χ0v) is 19.9. The van der Waals surface area contributed by atoms with Gasteiger partial charge in [0.1, 0.15) is 30.8 Å². The molecule has 0 saturated carbocycles. The van der Waals surface area contributed by atoms with Crippen molar-refractivity contribution in [3.63, 3.8) is 0 Å². The van der Waals surface area contributed by atoms with Crippen molar-refractivity contribution in [3.8, 4) is 11.5 Å². The first-order valence-corrected chi connectivity index (χ1v) is 11.9. The van der Waals surface area contributed by atoms with Crippen LogP contribution in [0.5, 0.6) is 11.5 Å². The Morgan fingerprint density at radius 1 is 1.00 bits per heavy atom. The Balaban J connectivity index is 1.38. The molecule has 0 saturated heterocycles. The second kappa shape index (κ2) is 9.05. The minimum Gasteiger partial charge on any atom is -0.486 e. The molecule has 0 spiro atoms. The van der Waals surface area contributed by atoms with Crippen molar-refractivity contribution in [2.75, 3.05) is 18.5 Å². The van der Waals surface area contributed by atoms with E-state index in [2.05, 4.69) is 10.3 Å². The van der Waals surface area contributed by atoms with Gasteiger partial charge in [-0.2, -0.15) is 0 Å². The van der Waals surface area contributed by atoms with Crippen molar-refractivity contribution in [3.05, 3.63) is 94.0 Å². The lowest BCUT2D eigenvalue weighted by atomic mass is 10.2. The molecule has 6 rings (SSSR count). The molecule has 36 heavy (non-hydrogen) atoms. The SMILES string of the molecule is O=C(Cn1c2ccccc2c2ncn(Cc3ccccc3Cl)c(=O)c21)Nc1ccc2c(c1)OCCO2. The number of halogens is 1. The van der Waals surface area contributed by atoms with Crippen molar-refractivity contribution < 1.29 is 14.3 Å². The van der Waals surface area contributed by atoms with Gasteiger partial charge in [-0.25, -0.2) is 4.98 Å². The normalized spacial score (nSPS) is 12.7. The van der Waals surface area contributed by atoms with Gasteiger partial charge >= 0.3 is 0 Å². The monoisotopic (exact) mass is 500 g/mol. The number of ether oxygens (including phenoxy) is 2. The van der Waals surface area contributed by atoms with E-state index in [0.29, 0.717) is 46.5 Å². The summed E-state index contributed by atoms with van der Waals surface area (Å²) in [5.74, 6) is 0.949. The van der Waals surface area contributed by atoms with Crippen LogP contribution in [0, 0.1) is 0 Å². The highest BCUT2D eigenvalue weighted by atomic mass is 35.5. The summed E-state index contributed by atoms with van der Waals surface area (Å²) >= 11 is 6.32. The molecule has 0 atom stereocenters. The number of amides is 1. The maximum Gasteiger partial charge on any atom is 0.278 e. The number of fused-ring (bicyclic) bond motifs is 4. The van der Waals surface area contributed by atoms with E-state index < -0.39 is 0 Å². The van der Waals surface area contributed by atoms with Crippen LogP contribution in [0.15, 0.2) is 77.9 Å². The van der Waals surface area contributed by atoms with Gasteiger partial charge in [0.2, 0.25) is 5.91 Å². The molecule has 180 valence electrons. The molecule has 5 aromatic rings. The summed E-state index contributed by atoms with van der Waals surface area (Å²) in [6, 6.07) is 20.2. The number of anilines is 1. The first-order valence-electron chi connectivity index (χ1n) is 11.5. The molecule has 0 fully saturated rings. The third-order valence-electron chi connectivity index (χ3n) is 6.16. The van der Waals surface area contributed by atoms with Crippen molar-refractivity contribution in [1.29, 1.82) is 0 Å². The standard InChI is InChI=1S/C27H21ClN4O4/c28-20-7-3-1-5-17(20)14-31-16-29-25-19-6-2-4-8-21(19)32(26(25)27(31)34)15-24(33)30-18-9-10-22-23(13-18)36-12-11-35-22/h1-10,13,16H,11-12,14-15H2,(H,30,33). The van der Waals surface area contributed by atoms with Crippen LogP contribution in [-0.2, 0) is 17.9 Å². The number of nitrogens with zero attached hydrogens (tertiary/aromatic N) is 3. The van der Waals surface area contributed by atoms with E-state index in [1.165, 1.54) is 10.9 Å². The molecule has 3 heterocycles. The summed E-state index contributed by atoms with van der Waals surface area (Å²) in [6.45, 7) is 1.16. The molecule has 8 nitrogen and oxygen atoms in total. The number of nitrogens with one attached hydrogen (secondary N) is 1. The summed E-state index contributed by atoms with van der Waals surface area (Å²) in [7, 11) is 0. The third-order valence-corrected chi connectivity index (χ3v) is 6.53. The molecule has 0 bridgehead atoms. The Hall–Kier alpha value is -4.30. The van der Waals surface area contributed by atoms with E-state index in [1.807, 2.05) is 42.5 Å². The number of carbonyl (C=O) groups is 1. The topological polar surface area (TPSA) is 87.4 Å². The quantitative estimate of drug-likeness (QED) is 0.385. The highest BCUT2D eigenvalue weighted by molar-refractivity contribution is 6.31. The van der Waals surface area contributed by atoms with Crippen molar-refractivity contribution >= 4 is 45.1 Å². The van der Waals surface area contributed by atoms with Crippen LogP contribution >= 0.6 is 11.6 Å². The van der Waals surface area contributed by atoms with Gasteiger partial charge in [-0.1, -0.05) is 48.0 Å². The molecule has 1 N–H and O–H groups in total. The first kappa shape index (κ1) is 22.2. The van der Waals surface area contributed by atoms with Gasteiger partial charge in [0.05, 0.1) is 18.4 Å². The summed E-state index contributed by atoms with van der Waals surface area (Å²) in [4.78, 5) is 31.3. The van der Waals surface area contributed by atoms with Gasteiger partial charge in [-0.3, -0.25) is 14.2 Å². The van der Waals surface area contributed by atoms with Crippen molar-refractivity contribution in [2.24, 2.45) is 0 Å². The number of hydrogen-bond acceptors (Lipinski definition) is 5. The predicted octanol–water partition coefficient (Wildman–Crippen LogP) is 4.46. The molecular weight excluding hydrogens is 480 g/mol. The zero-order chi connectivity index (χ0) is 24.6. The molecule has 1 aliphatic heterocycles. The molecule has 2 aromatic heterocycles. The van der Waals surface area contributed by atoms with E-state index in [9.17, 15) is 9.59 Å². The molecule has 0 radical (unpaired) electrons. The maximum atomic E-state index is 13.6. The Morgan fingerprint density at radius 3 is 2.64 bits per heavy atom. The lowest BCUT2D eigenvalue weighted by Crippen LogP contribution is -2.25. The highest BCUT2D eigenvalue weighted by Gasteiger charge is 2.19. The minimum atomic E-state index is -0.282. The fourth-order valence-corrected chi connectivity index (χ4v) is 4.70. The fourth-order valence-electron chi connectivity index (χ4n) is 4.50. The highest BCUT2D eigenvalue weighted by Crippen LogP contribution is 2.33. The van der Waals surface area contributed by atoms with Gasteiger partial charge < -0.3 is 19.4 Å². The Kier molecular flexibility index (Phi) is 5.58. The van der Waals surface area contributed by atoms with Crippen LogP contribution in [0.25, 0.3) is 21.9 Å². The molecule has 1 amide bonds. The number of aromatic nitrogens is 3. The first-order chi connectivity index (χ1) is 17.6. The van der Waals surface area contributed by atoms with E-state index in [1.54, 1.807) is 28.8 Å². The van der Waals surface area contributed by atoms with E-state index >= 15 is 0 Å². The third kappa shape index (κ3) is 3.95. The molecule has 0 aliphatic carbocycles. The Labute approximate surface area is 210 Å². The van der Waals surface area contributed by atoms with Crippen LogP contribution in [0.3, 0.4) is 0 Å². The van der Waals surface area contributed by atoms with Crippen LogP contribution in [0.2, 0.25) is 5.02 Å². The minimum absolute atomic E-state index is 0.0640. The maximum absolute atomic E-state index is 13.6. The fraction of sp³-hybridized carbons (Fsp3) is 0.148. The van der Waals surface area contributed by atoms with Gasteiger partial charge in [0, 0.05) is 22.2 Å². The number of carbonyl (C=O) groups excluding carboxylic acids is 1. The summed E-state index contributed by atoms with van der Waals surface area (Å²) < 4.78 is 14.4. The summed E-state index contributed by atoms with van der Waals surface area (Å²) in [5, 5.41) is 4.28.